The molecule has 0 aromatic heterocycles. The molecule has 1 heterocycles. The fourth-order valence-electron chi connectivity index (χ4n) is 2.70. The Morgan fingerprint density at radius 3 is 2.66 bits per heavy atom. The number of amides is 2. The number of halogens is 1. The molecule has 0 unspecified atom stereocenters. The molecule has 1 aliphatic rings. The number of aryl methyl sites for hydroxylation is 1. The predicted molar refractivity (Wildman–Crippen MR) is 118 cm³/mol. The second kappa shape index (κ2) is 8.86. The Morgan fingerprint density at radius 2 is 2.00 bits per heavy atom. The third-order valence-corrected chi connectivity index (χ3v) is 5.71. The number of carbonyl (C=O) groups is 2. The van der Waals surface area contributed by atoms with Gasteiger partial charge in [-0.15, -0.1) is 0 Å². The summed E-state index contributed by atoms with van der Waals surface area (Å²) in [7, 11) is 3.05. The quantitative estimate of drug-likeness (QED) is 0.546. The summed E-state index contributed by atoms with van der Waals surface area (Å²) in [6.07, 6.45) is 1.64. The molecule has 0 atom stereocenters. The van der Waals surface area contributed by atoms with Crippen LogP contribution < -0.4 is 14.9 Å². The van der Waals surface area contributed by atoms with Crippen molar-refractivity contribution < 1.29 is 19.1 Å². The minimum absolute atomic E-state index is 0.208. The van der Waals surface area contributed by atoms with Crippen molar-refractivity contribution in [3.63, 3.8) is 0 Å². The lowest BCUT2D eigenvalue weighted by atomic mass is 10.1. The van der Waals surface area contributed by atoms with E-state index in [0.717, 1.165) is 22.3 Å². The average Bonchev–Trinajstić information content (AvgIpc) is 2.95. The fourth-order valence-corrected chi connectivity index (χ4v) is 4.19. The number of carbonyl (C=O) groups excluding carboxylic acids is 2. The zero-order chi connectivity index (χ0) is 21.1. The van der Waals surface area contributed by atoms with Crippen molar-refractivity contribution in [1.82, 2.24) is 10.4 Å². The smallest absolute Gasteiger partial charge is 0.285 e. The lowest BCUT2D eigenvalue weighted by Crippen LogP contribution is -2.44. The van der Waals surface area contributed by atoms with Crippen LogP contribution in [0.25, 0.3) is 6.08 Å². The third kappa shape index (κ3) is 4.39. The van der Waals surface area contributed by atoms with E-state index in [0.29, 0.717) is 27.0 Å². The molecular formula is C20H17ClN2O4S2. The maximum absolute atomic E-state index is 12.8. The summed E-state index contributed by atoms with van der Waals surface area (Å²) in [5, 5.41) is 1.33. The van der Waals surface area contributed by atoms with Crippen LogP contribution in [0.1, 0.15) is 21.5 Å². The van der Waals surface area contributed by atoms with Crippen molar-refractivity contribution in [2.75, 3.05) is 14.2 Å². The minimum Gasteiger partial charge on any atom is -0.493 e. The molecule has 29 heavy (non-hydrogen) atoms. The van der Waals surface area contributed by atoms with E-state index in [-0.39, 0.29) is 9.88 Å². The molecule has 1 fully saturated rings. The van der Waals surface area contributed by atoms with Gasteiger partial charge < -0.3 is 9.47 Å². The average molecular weight is 449 g/mol. The van der Waals surface area contributed by atoms with Crippen LogP contribution in [-0.4, -0.2) is 35.4 Å². The highest BCUT2D eigenvalue weighted by atomic mass is 35.5. The molecule has 2 amide bonds. The van der Waals surface area contributed by atoms with Crippen LogP contribution in [0, 0.1) is 6.92 Å². The van der Waals surface area contributed by atoms with Gasteiger partial charge in [-0.05, 0) is 49.0 Å². The molecule has 2 aromatic rings. The zero-order valence-corrected chi connectivity index (χ0v) is 18.2. The van der Waals surface area contributed by atoms with Gasteiger partial charge >= 0.3 is 0 Å². The maximum Gasteiger partial charge on any atom is 0.285 e. The van der Waals surface area contributed by atoms with Gasteiger partial charge in [0.2, 0.25) is 0 Å². The van der Waals surface area contributed by atoms with E-state index < -0.39 is 11.8 Å². The lowest BCUT2D eigenvalue weighted by Gasteiger charge is -2.16. The third-order valence-electron chi connectivity index (χ3n) is 4.10. The summed E-state index contributed by atoms with van der Waals surface area (Å²) in [5.41, 5.74) is 4.35. The van der Waals surface area contributed by atoms with Crippen LogP contribution in [0.4, 0.5) is 0 Å². The number of hydrogen-bond acceptors (Lipinski definition) is 6. The Hall–Kier alpha value is -2.55. The summed E-state index contributed by atoms with van der Waals surface area (Å²) in [6.45, 7) is 1.87. The van der Waals surface area contributed by atoms with Gasteiger partial charge in [0.25, 0.3) is 11.8 Å². The van der Waals surface area contributed by atoms with Gasteiger partial charge in [0.1, 0.15) is 0 Å². The van der Waals surface area contributed by atoms with Gasteiger partial charge in [0, 0.05) is 5.56 Å². The number of thioether (sulfide) groups is 1. The molecule has 3 rings (SSSR count). The number of nitrogens with one attached hydrogen (secondary N) is 1. The molecule has 0 aliphatic carbocycles. The van der Waals surface area contributed by atoms with E-state index in [1.807, 2.05) is 6.92 Å². The number of methoxy groups -OCH3 is 2. The van der Waals surface area contributed by atoms with E-state index in [2.05, 4.69) is 5.43 Å². The summed E-state index contributed by atoms with van der Waals surface area (Å²) in [4.78, 5) is 25.7. The second-order valence-corrected chi connectivity index (χ2v) is 8.11. The van der Waals surface area contributed by atoms with Crippen LogP contribution in [0.3, 0.4) is 0 Å². The van der Waals surface area contributed by atoms with E-state index >= 15 is 0 Å². The Kier molecular flexibility index (Phi) is 6.46. The van der Waals surface area contributed by atoms with Crippen molar-refractivity contribution in [1.29, 1.82) is 0 Å². The first-order valence-electron chi connectivity index (χ1n) is 8.41. The molecule has 1 aliphatic heterocycles. The highest BCUT2D eigenvalue weighted by Gasteiger charge is 2.34. The van der Waals surface area contributed by atoms with Crippen molar-refractivity contribution >= 4 is 57.8 Å². The Bertz CT molecular complexity index is 1040. The summed E-state index contributed by atoms with van der Waals surface area (Å²) < 4.78 is 10.9. The van der Waals surface area contributed by atoms with Crippen molar-refractivity contribution in [2.24, 2.45) is 0 Å². The number of thiocarbonyl (C=S) groups is 1. The molecule has 0 spiro atoms. The van der Waals surface area contributed by atoms with E-state index in [9.17, 15) is 9.59 Å². The topological polar surface area (TPSA) is 67.9 Å². The molecule has 0 bridgehead atoms. The Morgan fingerprint density at radius 1 is 1.24 bits per heavy atom. The second-order valence-electron chi connectivity index (χ2n) is 6.02. The number of ether oxygens (including phenoxy) is 2. The van der Waals surface area contributed by atoms with Crippen LogP contribution in [0.5, 0.6) is 11.5 Å². The lowest BCUT2D eigenvalue weighted by molar-refractivity contribution is -0.123. The van der Waals surface area contributed by atoms with Crippen LogP contribution in [-0.2, 0) is 4.79 Å². The summed E-state index contributed by atoms with van der Waals surface area (Å²) in [5.74, 6) is 0.0720. The number of rotatable bonds is 5. The largest absolute Gasteiger partial charge is 0.493 e. The molecule has 1 N–H and O–H groups in total. The first-order chi connectivity index (χ1) is 13.8. The molecule has 6 nitrogen and oxygen atoms in total. The van der Waals surface area contributed by atoms with E-state index in [1.165, 1.54) is 14.2 Å². The van der Waals surface area contributed by atoms with Crippen LogP contribution in [0.2, 0.25) is 5.02 Å². The Labute approximate surface area is 182 Å². The molecule has 9 heteroatoms. The number of para-hydroxylation sites is 1. The molecule has 0 radical (unpaired) electrons. The first kappa shape index (κ1) is 21.2. The van der Waals surface area contributed by atoms with Crippen LogP contribution >= 0.6 is 35.6 Å². The first-order valence-corrected chi connectivity index (χ1v) is 10.0. The molecule has 0 saturated carbocycles. The minimum atomic E-state index is -0.522. The summed E-state index contributed by atoms with van der Waals surface area (Å²) >= 11 is 12.5. The van der Waals surface area contributed by atoms with Crippen molar-refractivity contribution in [3.8, 4) is 11.5 Å². The van der Waals surface area contributed by atoms with Gasteiger partial charge in [-0.2, -0.15) is 5.01 Å². The Balaban J connectivity index is 1.85. The number of nitrogens with zero attached hydrogens (tertiary/aromatic N) is 1. The highest BCUT2D eigenvalue weighted by Crippen LogP contribution is 2.36. The highest BCUT2D eigenvalue weighted by molar-refractivity contribution is 8.26. The van der Waals surface area contributed by atoms with Gasteiger partial charge in [-0.3, -0.25) is 15.0 Å². The van der Waals surface area contributed by atoms with Crippen LogP contribution in [0.15, 0.2) is 41.3 Å². The SMILES string of the molecule is COc1cccc(C=C2SC(=S)N(NC(=O)c3ccc(C)cc3Cl)C2=O)c1OC. The fraction of sp³-hybridized carbons (Fsp3) is 0.150. The normalized spacial score (nSPS) is 15.0. The maximum atomic E-state index is 12.8. The van der Waals surface area contributed by atoms with E-state index in [4.69, 9.17) is 33.3 Å². The number of hydrogen-bond donors (Lipinski definition) is 1. The molecule has 1 saturated heterocycles. The molecular weight excluding hydrogens is 432 g/mol. The monoisotopic (exact) mass is 448 g/mol. The van der Waals surface area contributed by atoms with E-state index in [1.54, 1.807) is 42.5 Å². The number of benzene rings is 2. The molecule has 150 valence electrons. The van der Waals surface area contributed by atoms with Gasteiger partial charge in [-0.25, -0.2) is 0 Å². The van der Waals surface area contributed by atoms with Crippen molar-refractivity contribution in [3.05, 3.63) is 63.0 Å². The zero-order valence-electron chi connectivity index (χ0n) is 15.8. The van der Waals surface area contributed by atoms with Gasteiger partial charge in [0.15, 0.2) is 15.8 Å². The van der Waals surface area contributed by atoms with Gasteiger partial charge in [-0.1, -0.05) is 41.6 Å². The van der Waals surface area contributed by atoms with Crippen molar-refractivity contribution in [2.45, 2.75) is 6.92 Å². The summed E-state index contributed by atoms with van der Waals surface area (Å²) in [6, 6.07) is 10.4. The van der Waals surface area contributed by atoms with Gasteiger partial charge in [0.05, 0.1) is 29.7 Å². The predicted octanol–water partition coefficient (Wildman–Crippen LogP) is 4.21. The number of hydrazine groups is 1. The standard InChI is InChI=1S/C20H17ClN2O4S2/c1-11-7-8-13(14(21)9-11)18(24)22-23-19(25)16(29-20(23)28)10-12-5-4-6-15(26-2)17(12)27-3/h4-10H,1-3H3,(H,22,24). The molecule has 2 aromatic carbocycles.